The Morgan fingerprint density at radius 3 is 2.94 bits per heavy atom. The van der Waals surface area contributed by atoms with Crippen LogP contribution in [0.1, 0.15) is 36.0 Å². The van der Waals surface area contributed by atoms with Crippen LogP contribution in [0, 0.1) is 0 Å². The first-order valence-electron chi connectivity index (χ1n) is 6.08. The highest BCUT2D eigenvalue weighted by atomic mass is 32.1. The predicted octanol–water partition coefficient (Wildman–Crippen LogP) is 3.19. The zero-order chi connectivity index (χ0) is 13.0. The van der Waals surface area contributed by atoms with Gasteiger partial charge in [0.15, 0.2) is 0 Å². The Balaban J connectivity index is 2.28. The molecule has 2 aromatic rings. The van der Waals surface area contributed by atoms with Crippen LogP contribution in [0.5, 0.6) is 5.75 Å². The van der Waals surface area contributed by atoms with Crippen LogP contribution < -0.4 is 4.74 Å². The zero-order valence-corrected chi connectivity index (χ0v) is 11.4. The second-order valence-corrected chi connectivity index (χ2v) is 4.90. The lowest BCUT2D eigenvalue weighted by atomic mass is 10.1. The Bertz CT molecular complexity index is 510. The number of rotatable bonds is 5. The molecule has 2 heterocycles. The van der Waals surface area contributed by atoms with Crippen LogP contribution in [-0.2, 0) is 6.42 Å². The smallest absolute Gasteiger partial charge is 0.137 e. The Morgan fingerprint density at radius 2 is 2.22 bits per heavy atom. The Kier molecular flexibility index (Phi) is 4.33. The summed E-state index contributed by atoms with van der Waals surface area (Å²) in [7, 11) is 0. The number of aromatic nitrogens is 1. The number of hydrogen-bond acceptors (Lipinski definition) is 4. The molecule has 2 rings (SSSR count). The molecule has 2 aromatic heterocycles. The molecule has 0 aliphatic rings. The Labute approximate surface area is 111 Å². The molecular formula is C14H17NO2S. The van der Waals surface area contributed by atoms with Crippen LogP contribution in [0.4, 0.5) is 0 Å². The molecule has 18 heavy (non-hydrogen) atoms. The third-order valence-electron chi connectivity index (χ3n) is 2.77. The molecule has 0 aromatic carbocycles. The third-order valence-corrected chi connectivity index (χ3v) is 3.78. The maximum absolute atomic E-state index is 10.4. The normalized spacial score (nSPS) is 12.4. The van der Waals surface area contributed by atoms with E-state index in [-0.39, 0.29) is 0 Å². The van der Waals surface area contributed by atoms with Crippen molar-refractivity contribution in [3.05, 3.63) is 45.9 Å². The topological polar surface area (TPSA) is 42.4 Å². The number of hydrogen-bond donors (Lipinski definition) is 1. The molecule has 0 amide bonds. The Morgan fingerprint density at radius 1 is 1.39 bits per heavy atom. The van der Waals surface area contributed by atoms with Gasteiger partial charge >= 0.3 is 0 Å². The Hall–Kier alpha value is -1.39. The summed E-state index contributed by atoms with van der Waals surface area (Å²) in [6.07, 6.45) is 3.66. The lowest BCUT2D eigenvalue weighted by Crippen LogP contribution is -2.02. The van der Waals surface area contributed by atoms with E-state index in [9.17, 15) is 5.11 Å². The fraction of sp³-hybridized carbons (Fsp3) is 0.357. The quantitative estimate of drug-likeness (QED) is 0.901. The van der Waals surface area contributed by atoms with Crippen LogP contribution in [0.15, 0.2) is 29.9 Å². The van der Waals surface area contributed by atoms with E-state index in [4.69, 9.17) is 4.74 Å². The summed E-state index contributed by atoms with van der Waals surface area (Å²) >= 11 is 1.58. The first-order valence-corrected chi connectivity index (χ1v) is 6.96. The van der Waals surface area contributed by atoms with Crippen molar-refractivity contribution < 1.29 is 9.84 Å². The number of thiophene rings is 1. The summed E-state index contributed by atoms with van der Waals surface area (Å²) in [5, 5.41) is 12.4. The fourth-order valence-corrected chi connectivity index (χ4v) is 2.87. The lowest BCUT2D eigenvalue weighted by Gasteiger charge is -2.12. The number of aliphatic hydroxyl groups is 1. The SMILES string of the molecule is CCOc1cncc(C(O)c2sccc2CC)c1. The van der Waals surface area contributed by atoms with Crippen molar-refractivity contribution in [2.24, 2.45) is 0 Å². The van der Waals surface area contributed by atoms with Gasteiger partial charge in [0, 0.05) is 16.6 Å². The largest absolute Gasteiger partial charge is 0.492 e. The fourth-order valence-electron chi connectivity index (χ4n) is 1.86. The van der Waals surface area contributed by atoms with E-state index in [0.717, 1.165) is 16.9 Å². The highest BCUT2D eigenvalue weighted by molar-refractivity contribution is 7.10. The van der Waals surface area contributed by atoms with Crippen molar-refractivity contribution in [2.75, 3.05) is 6.61 Å². The number of pyridine rings is 1. The minimum Gasteiger partial charge on any atom is -0.492 e. The van der Waals surface area contributed by atoms with Gasteiger partial charge in [0.2, 0.25) is 0 Å². The first kappa shape index (κ1) is 13.1. The van der Waals surface area contributed by atoms with Crippen molar-refractivity contribution in [3.63, 3.8) is 0 Å². The van der Waals surface area contributed by atoms with Gasteiger partial charge in [-0.25, -0.2) is 0 Å². The van der Waals surface area contributed by atoms with Crippen LogP contribution >= 0.6 is 11.3 Å². The molecule has 3 nitrogen and oxygen atoms in total. The number of aryl methyl sites for hydroxylation is 1. The molecular weight excluding hydrogens is 246 g/mol. The van der Waals surface area contributed by atoms with Crippen LogP contribution in [0.25, 0.3) is 0 Å². The van der Waals surface area contributed by atoms with Gasteiger partial charge in [-0.2, -0.15) is 0 Å². The zero-order valence-electron chi connectivity index (χ0n) is 10.6. The van der Waals surface area contributed by atoms with Gasteiger partial charge in [0.05, 0.1) is 12.8 Å². The second kappa shape index (κ2) is 5.98. The van der Waals surface area contributed by atoms with Crippen molar-refractivity contribution in [1.82, 2.24) is 4.98 Å². The molecule has 0 radical (unpaired) electrons. The molecule has 0 aliphatic carbocycles. The van der Waals surface area contributed by atoms with E-state index in [0.29, 0.717) is 12.4 Å². The lowest BCUT2D eigenvalue weighted by molar-refractivity contribution is 0.221. The monoisotopic (exact) mass is 263 g/mol. The molecule has 1 unspecified atom stereocenters. The second-order valence-electron chi connectivity index (χ2n) is 3.95. The predicted molar refractivity (Wildman–Crippen MR) is 73.2 cm³/mol. The van der Waals surface area contributed by atoms with Crippen molar-refractivity contribution in [1.29, 1.82) is 0 Å². The molecule has 1 N–H and O–H groups in total. The van der Waals surface area contributed by atoms with E-state index in [1.807, 2.05) is 18.4 Å². The molecule has 0 bridgehead atoms. The van der Waals surface area contributed by atoms with Crippen LogP contribution in [0.3, 0.4) is 0 Å². The average Bonchev–Trinajstić information content (AvgIpc) is 2.87. The van der Waals surface area contributed by atoms with Gasteiger partial charge in [0.25, 0.3) is 0 Å². The maximum atomic E-state index is 10.4. The van der Waals surface area contributed by atoms with E-state index in [2.05, 4.69) is 18.0 Å². The van der Waals surface area contributed by atoms with Crippen molar-refractivity contribution in [3.8, 4) is 5.75 Å². The van der Waals surface area contributed by atoms with Gasteiger partial charge in [-0.1, -0.05) is 6.92 Å². The molecule has 4 heteroatoms. The van der Waals surface area contributed by atoms with Gasteiger partial charge in [-0.15, -0.1) is 11.3 Å². The van der Waals surface area contributed by atoms with Crippen molar-refractivity contribution >= 4 is 11.3 Å². The van der Waals surface area contributed by atoms with E-state index < -0.39 is 6.10 Å². The highest BCUT2D eigenvalue weighted by Crippen LogP contribution is 2.30. The highest BCUT2D eigenvalue weighted by Gasteiger charge is 2.16. The maximum Gasteiger partial charge on any atom is 0.137 e. The van der Waals surface area contributed by atoms with Crippen LogP contribution in [0.2, 0.25) is 0 Å². The molecule has 0 saturated carbocycles. The van der Waals surface area contributed by atoms with Gasteiger partial charge < -0.3 is 9.84 Å². The first-order chi connectivity index (χ1) is 8.76. The molecule has 1 atom stereocenters. The standard InChI is InChI=1S/C14H17NO2S/c1-3-10-5-6-18-14(10)13(16)11-7-12(17-4-2)9-15-8-11/h5-9,13,16H,3-4H2,1-2H3. The minimum atomic E-state index is -0.618. The number of nitrogens with zero attached hydrogens (tertiary/aromatic N) is 1. The van der Waals surface area contributed by atoms with Crippen LogP contribution in [-0.4, -0.2) is 16.7 Å². The molecule has 0 spiro atoms. The summed E-state index contributed by atoms with van der Waals surface area (Å²) in [4.78, 5) is 5.10. The minimum absolute atomic E-state index is 0.598. The van der Waals surface area contributed by atoms with Crippen molar-refractivity contribution in [2.45, 2.75) is 26.4 Å². The number of aliphatic hydroxyl groups excluding tert-OH is 1. The average molecular weight is 263 g/mol. The molecule has 0 aliphatic heterocycles. The molecule has 0 fully saturated rings. The van der Waals surface area contributed by atoms with E-state index in [1.165, 1.54) is 5.56 Å². The number of ether oxygens (including phenoxy) is 1. The molecule has 96 valence electrons. The summed E-state index contributed by atoms with van der Waals surface area (Å²) < 4.78 is 5.40. The van der Waals surface area contributed by atoms with Gasteiger partial charge in [-0.05, 0) is 36.4 Å². The third kappa shape index (κ3) is 2.71. The van der Waals surface area contributed by atoms with E-state index in [1.54, 1.807) is 23.7 Å². The van der Waals surface area contributed by atoms with Gasteiger partial charge in [0.1, 0.15) is 11.9 Å². The summed E-state index contributed by atoms with van der Waals surface area (Å²) in [5.41, 5.74) is 1.97. The summed E-state index contributed by atoms with van der Waals surface area (Å²) in [5.74, 6) is 0.698. The molecule has 0 saturated heterocycles. The van der Waals surface area contributed by atoms with Gasteiger partial charge in [-0.3, -0.25) is 4.98 Å². The summed E-state index contributed by atoms with van der Waals surface area (Å²) in [6.45, 7) is 4.62. The summed E-state index contributed by atoms with van der Waals surface area (Å²) in [6, 6.07) is 3.91. The van der Waals surface area contributed by atoms with E-state index >= 15 is 0 Å².